The van der Waals surface area contributed by atoms with Gasteiger partial charge in [0.1, 0.15) is 17.3 Å². The minimum atomic E-state index is -1.81. The predicted octanol–water partition coefficient (Wildman–Crippen LogP) is 3.31. The van der Waals surface area contributed by atoms with E-state index >= 15 is 0 Å². The van der Waals surface area contributed by atoms with Crippen molar-refractivity contribution in [2.75, 3.05) is 16.9 Å². The summed E-state index contributed by atoms with van der Waals surface area (Å²) < 4.78 is 19.4. The lowest BCUT2D eigenvalue weighted by atomic mass is 9.51. The van der Waals surface area contributed by atoms with Crippen molar-refractivity contribution in [2.24, 2.45) is 29.1 Å². The number of hydrogen-bond acceptors (Lipinski definition) is 8. The molecule has 240 valence electrons. The molecule has 2 saturated heterocycles. The van der Waals surface area contributed by atoms with Gasteiger partial charge in [0.15, 0.2) is 0 Å². The van der Waals surface area contributed by atoms with Crippen molar-refractivity contribution < 1.29 is 43.5 Å². The minimum absolute atomic E-state index is 0.0647. The minimum Gasteiger partial charge on any atom is -0.508 e. The number of rotatable bonds is 5. The molecule has 2 heterocycles. The average molecular weight is 659 g/mol. The van der Waals surface area contributed by atoms with Crippen LogP contribution < -0.4 is 20.0 Å². The van der Waals surface area contributed by atoms with Gasteiger partial charge in [0.05, 0.1) is 46.7 Å². The van der Waals surface area contributed by atoms with Gasteiger partial charge in [-0.25, -0.2) is 9.29 Å². The third kappa shape index (κ3) is 4.46. The summed E-state index contributed by atoms with van der Waals surface area (Å²) >= 11 is 6.05. The number of imide groups is 2. The van der Waals surface area contributed by atoms with Crippen LogP contribution in [0.25, 0.3) is 0 Å². The lowest BCUT2D eigenvalue weighted by Crippen LogP contribution is -2.48. The Kier molecular flexibility index (Phi) is 7.30. The SMILES string of the molecule is COc1ccc([C@H]2C3=CC[C@@H]4C(=O)N(c5cccc(B(O)O)c5)C(=O)[C@@H]4[C@@H]3C[C@H]3C(=O)N(c4ccc(F)c(Cl)c4)C(=O)[C@@]23C)c(O)c1. The number of amides is 4. The maximum Gasteiger partial charge on any atom is 0.488 e. The molecule has 1 saturated carbocycles. The Balaban J connectivity index is 1.36. The van der Waals surface area contributed by atoms with E-state index < -0.39 is 71.6 Å². The van der Waals surface area contributed by atoms with Crippen LogP contribution in [0.1, 0.15) is 31.2 Å². The van der Waals surface area contributed by atoms with Crippen LogP contribution in [0.5, 0.6) is 11.5 Å². The number of benzene rings is 3. The molecular weight excluding hydrogens is 630 g/mol. The third-order valence-corrected chi connectivity index (χ3v) is 10.7. The fraction of sp³-hybridized carbons (Fsp3) is 0.294. The summed E-state index contributed by atoms with van der Waals surface area (Å²) in [4.78, 5) is 58.9. The number of phenolic OH excluding ortho intramolecular Hbond substituents is 1. The molecule has 7 rings (SSSR count). The predicted molar refractivity (Wildman–Crippen MR) is 169 cm³/mol. The number of anilines is 2. The van der Waals surface area contributed by atoms with Crippen LogP contribution in [0, 0.1) is 34.9 Å². The van der Waals surface area contributed by atoms with E-state index in [4.69, 9.17) is 16.3 Å². The van der Waals surface area contributed by atoms with Gasteiger partial charge in [-0.1, -0.05) is 41.4 Å². The lowest BCUT2D eigenvalue weighted by Gasteiger charge is -2.49. The number of allylic oxidation sites excluding steroid dienone is 2. The maximum atomic E-state index is 14.5. The van der Waals surface area contributed by atoms with Crippen molar-refractivity contribution in [3.05, 3.63) is 88.7 Å². The van der Waals surface area contributed by atoms with Crippen LogP contribution in [0.2, 0.25) is 5.02 Å². The number of aromatic hydroxyl groups is 1. The third-order valence-electron chi connectivity index (χ3n) is 10.4. The zero-order valence-corrected chi connectivity index (χ0v) is 26.0. The summed E-state index contributed by atoms with van der Waals surface area (Å²) in [6, 6.07) is 14.1. The van der Waals surface area contributed by atoms with Crippen molar-refractivity contribution in [1.82, 2.24) is 0 Å². The second kappa shape index (κ2) is 11.0. The van der Waals surface area contributed by atoms with E-state index in [9.17, 15) is 38.7 Å². The number of fused-ring (bicyclic) bond motifs is 4. The van der Waals surface area contributed by atoms with Gasteiger partial charge in [0.2, 0.25) is 23.6 Å². The van der Waals surface area contributed by atoms with Gasteiger partial charge in [0.25, 0.3) is 0 Å². The van der Waals surface area contributed by atoms with Gasteiger partial charge in [-0.3, -0.25) is 24.1 Å². The summed E-state index contributed by atoms with van der Waals surface area (Å²) in [7, 11) is -0.361. The number of carbonyl (C=O) groups is 4. The smallest absolute Gasteiger partial charge is 0.488 e. The van der Waals surface area contributed by atoms with Crippen LogP contribution in [-0.4, -0.2) is 53.0 Å². The second-order valence-electron chi connectivity index (χ2n) is 12.7. The van der Waals surface area contributed by atoms with Crippen LogP contribution in [-0.2, 0) is 19.2 Å². The number of phenols is 1. The lowest BCUT2D eigenvalue weighted by molar-refractivity contribution is -0.131. The van der Waals surface area contributed by atoms with Crippen LogP contribution >= 0.6 is 11.6 Å². The molecule has 10 nitrogen and oxygen atoms in total. The first kappa shape index (κ1) is 31.1. The second-order valence-corrected chi connectivity index (χ2v) is 13.1. The molecule has 0 bridgehead atoms. The standard InChI is InChI=1S/C34H29BClFN2O8/c1-34-24(31(42)39(33(34)44)18-6-11-26(37)25(36)13-18)15-23-20(29(34)21-8-7-19(47-2)14-27(21)40)9-10-22-28(23)32(43)38(30(22)41)17-5-3-4-16(12-17)35(45)46/h3-9,11-14,22-24,28-29,40,45-46H,10,15H2,1-2H3/t22-,23+,24-,28-,29+,34+/m0/s1. The van der Waals surface area contributed by atoms with E-state index in [1.54, 1.807) is 19.1 Å². The largest absolute Gasteiger partial charge is 0.508 e. The number of methoxy groups -OCH3 is 1. The molecule has 2 aliphatic heterocycles. The Hall–Kier alpha value is -4.52. The molecule has 3 aromatic carbocycles. The van der Waals surface area contributed by atoms with Crippen molar-refractivity contribution in [2.45, 2.75) is 25.7 Å². The number of hydrogen-bond donors (Lipinski definition) is 3. The first-order valence-electron chi connectivity index (χ1n) is 15.1. The number of carbonyl (C=O) groups excluding carboxylic acids is 4. The number of nitrogens with zero attached hydrogens (tertiary/aromatic N) is 2. The molecule has 6 atom stereocenters. The van der Waals surface area contributed by atoms with E-state index in [0.717, 1.165) is 15.9 Å². The van der Waals surface area contributed by atoms with Crippen LogP contribution in [0.3, 0.4) is 0 Å². The Morgan fingerprint density at radius 3 is 2.36 bits per heavy atom. The van der Waals surface area contributed by atoms with Crippen molar-refractivity contribution >= 4 is 59.2 Å². The molecule has 13 heteroatoms. The molecule has 0 radical (unpaired) electrons. The Morgan fingerprint density at radius 2 is 1.68 bits per heavy atom. The fourth-order valence-electron chi connectivity index (χ4n) is 8.20. The van der Waals surface area contributed by atoms with E-state index in [0.29, 0.717) is 16.9 Å². The monoisotopic (exact) mass is 658 g/mol. The van der Waals surface area contributed by atoms with Crippen molar-refractivity contribution in [3.63, 3.8) is 0 Å². The Morgan fingerprint density at radius 1 is 0.936 bits per heavy atom. The zero-order valence-electron chi connectivity index (χ0n) is 25.3. The van der Waals surface area contributed by atoms with Gasteiger partial charge >= 0.3 is 7.12 Å². The van der Waals surface area contributed by atoms with Gasteiger partial charge in [-0.05, 0) is 67.5 Å². The molecule has 0 unspecified atom stereocenters. The number of halogens is 2. The summed E-state index contributed by atoms with van der Waals surface area (Å²) in [5, 5.41) is 30.4. The summed E-state index contributed by atoms with van der Waals surface area (Å²) in [6.07, 6.45) is 2.09. The quantitative estimate of drug-likeness (QED) is 0.215. The molecule has 4 amide bonds. The van der Waals surface area contributed by atoms with Crippen molar-refractivity contribution in [3.8, 4) is 11.5 Å². The van der Waals surface area contributed by atoms with E-state index in [-0.39, 0.29) is 40.5 Å². The molecule has 3 aromatic rings. The van der Waals surface area contributed by atoms with E-state index in [2.05, 4.69) is 0 Å². The zero-order chi connectivity index (χ0) is 33.5. The first-order chi connectivity index (χ1) is 22.4. The van der Waals surface area contributed by atoms with Gasteiger partial charge in [-0.2, -0.15) is 0 Å². The topological polar surface area (TPSA) is 145 Å². The first-order valence-corrected chi connectivity index (χ1v) is 15.5. The molecule has 3 N–H and O–H groups in total. The van der Waals surface area contributed by atoms with Gasteiger partial charge in [-0.15, -0.1) is 0 Å². The molecule has 3 fully saturated rings. The average Bonchev–Trinajstić information content (AvgIpc) is 3.42. The molecule has 4 aliphatic rings. The maximum absolute atomic E-state index is 14.5. The fourth-order valence-corrected chi connectivity index (χ4v) is 8.38. The normalized spacial score (nSPS) is 28.2. The molecule has 0 aromatic heterocycles. The summed E-state index contributed by atoms with van der Waals surface area (Å²) in [6.45, 7) is 1.67. The molecular formula is C34H29BClFN2O8. The summed E-state index contributed by atoms with van der Waals surface area (Å²) in [5.41, 5.74) is -0.0248. The molecule has 0 spiro atoms. The Bertz CT molecular complexity index is 1920. The van der Waals surface area contributed by atoms with Crippen LogP contribution in [0.4, 0.5) is 15.8 Å². The summed E-state index contributed by atoms with van der Waals surface area (Å²) in [5.74, 6) is -6.72. The van der Waals surface area contributed by atoms with Crippen molar-refractivity contribution in [1.29, 1.82) is 0 Å². The van der Waals surface area contributed by atoms with Crippen LogP contribution in [0.15, 0.2) is 72.3 Å². The van der Waals surface area contributed by atoms with Gasteiger partial charge < -0.3 is 19.9 Å². The highest BCUT2D eigenvalue weighted by molar-refractivity contribution is 6.58. The highest BCUT2D eigenvalue weighted by Crippen LogP contribution is 2.64. The molecule has 47 heavy (non-hydrogen) atoms. The number of ether oxygens (including phenoxy) is 1. The molecule has 2 aliphatic carbocycles. The highest BCUT2D eigenvalue weighted by atomic mass is 35.5. The van der Waals surface area contributed by atoms with Gasteiger partial charge in [0, 0.05) is 17.5 Å². The van der Waals surface area contributed by atoms with E-state index in [1.807, 2.05) is 6.08 Å². The highest BCUT2D eigenvalue weighted by Gasteiger charge is 2.68. The Labute approximate surface area is 274 Å². The van der Waals surface area contributed by atoms with E-state index in [1.165, 1.54) is 49.6 Å².